The Bertz CT molecular complexity index is 823. The highest BCUT2D eigenvalue weighted by atomic mass is 16.5. The number of benzene rings is 2. The van der Waals surface area contributed by atoms with Crippen molar-refractivity contribution in [3.05, 3.63) is 59.2 Å². The smallest absolute Gasteiger partial charge is 0.338 e. The number of hydrogen-bond donors (Lipinski definition) is 1. The molecule has 0 aliphatic rings. The average molecular weight is 398 g/mol. The number of phenolic OH excluding ortho intramolecular Hbond substituents is 1. The molecule has 0 saturated heterocycles. The predicted octanol–water partition coefficient (Wildman–Crippen LogP) is 5.21. The number of phenols is 1. The monoisotopic (exact) mass is 397 g/mol. The highest BCUT2D eigenvalue weighted by Gasteiger charge is 2.21. The molecule has 5 heteroatoms. The number of ether oxygens (including phenoxy) is 1. The van der Waals surface area contributed by atoms with E-state index in [2.05, 4.69) is 18.7 Å². The first kappa shape index (κ1) is 22.5. The highest BCUT2D eigenvalue weighted by Crippen LogP contribution is 2.28. The van der Waals surface area contributed by atoms with E-state index >= 15 is 0 Å². The normalized spacial score (nSPS) is 10.6. The highest BCUT2D eigenvalue weighted by molar-refractivity contribution is 6.15. The molecule has 0 aromatic heterocycles. The molecular weight excluding hydrogens is 366 g/mol. The van der Waals surface area contributed by atoms with Crippen molar-refractivity contribution in [1.29, 1.82) is 0 Å². The van der Waals surface area contributed by atoms with Crippen LogP contribution < -0.4 is 4.90 Å². The molecule has 29 heavy (non-hydrogen) atoms. The summed E-state index contributed by atoms with van der Waals surface area (Å²) >= 11 is 0. The van der Waals surface area contributed by atoms with Gasteiger partial charge < -0.3 is 14.7 Å². The lowest BCUT2D eigenvalue weighted by Gasteiger charge is -2.25. The van der Waals surface area contributed by atoms with Gasteiger partial charge >= 0.3 is 5.97 Å². The van der Waals surface area contributed by atoms with Gasteiger partial charge in [-0.3, -0.25) is 4.79 Å². The van der Waals surface area contributed by atoms with Crippen LogP contribution in [0.1, 0.15) is 72.7 Å². The molecule has 0 heterocycles. The van der Waals surface area contributed by atoms with Gasteiger partial charge in [0.15, 0.2) is 5.78 Å². The molecule has 156 valence electrons. The third kappa shape index (κ3) is 5.83. The number of anilines is 1. The lowest BCUT2D eigenvalue weighted by molar-refractivity contribution is 0.0523. The molecule has 0 radical (unpaired) electrons. The molecule has 0 saturated carbocycles. The molecule has 0 fully saturated rings. The molecular formula is C24H31NO4. The lowest BCUT2D eigenvalue weighted by Crippen LogP contribution is -2.25. The summed E-state index contributed by atoms with van der Waals surface area (Å²) in [7, 11) is 0. The van der Waals surface area contributed by atoms with Gasteiger partial charge in [0.1, 0.15) is 5.75 Å². The van der Waals surface area contributed by atoms with Crippen molar-refractivity contribution < 1.29 is 19.4 Å². The summed E-state index contributed by atoms with van der Waals surface area (Å²) in [5, 5.41) is 10.6. The molecule has 5 nitrogen and oxygen atoms in total. The van der Waals surface area contributed by atoms with Crippen molar-refractivity contribution in [1.82, 2.24) is 0 Å². The van der Waals surface area contributed by atoms with E-state index in [1.54, 1.807) is 43.3 Å². The summed E-state index contributed by atoms with van der Waals surface area (Å²) in [6, 6.07) is 11.7. The Labute approximate surface area is 173 Å². The van der Waals surface area contributed by atoms with E-state index in [9.17, 15) is 14.7 Å². The fourth-order valence-corrected chi connectivity index (χ4v) is 3.19. The molecule has 2 aromatic rings. The van der Waals surface area contributed by atoms with Gasteiger partial charge in [-0.25, -0.2) is 4.79 Å². The molecule has 0 atom stereocenters. The van der Waals surface area contributed by atoms with E-state index in [1.807, 2.05) is 6.07 Å². The van der Waals surface area contributed by atoms with E-state index in [1.165, 1.54) is 0 Å². The molecule has 0 amide bonds. The number of aromatic hydroxyl groups is 1. The summed E-state index contributed by atoms with van der Waals surface area (Å²) in [4.78, 5) is 27.5. The molecule has 0 unspecified atom stereocenters. The average Bonchev–Trinajstić information content (AvgIpc) is 2.73. The number of unbranched alkanes of at least 4 members (excludes halogenated alkanes) is 2. The van der Waals surface area contributed by atoms with Crippen molar-refractivity contribution >= 4 is 17.4 Å². The molecule has 0 spiro atoms. The maximum absolute atomic E-state index is 13.0. The van der Waals surface area contributed by atoms with Crippen LogP contribution in [0.25, 0.3) is 0 Å². The van der Waals surface area contributed by atoms with Crippen molar-refractivity contribution in [2.45, 2.75) is 46.5 Å². The minimum absolute atomic E-state index is 0.0795. The second-order valence-corrected chi connectivity index (χ2v) is 6.99. The Morgan fingerprint density at radius 3 is 2.07 bits per heavy atom. The van der Waals surface area contributed by atoms with Crippen LogP contribution in [-0.2, 0) is 4.74 Å². The van der Waals surface area contributed by atoms with Crippen LogP contribution in [0.15, 0.2) is 42.5 Å². The maximum Gasteiger partial charge on any atom is 0.338 e. The van der Waals surface area contributed by atoms with Gasteiger partial charge in [0.05, 0.1) is 17.7 Å². The SMILES string of the molecule is CCCCN(CCCC)c1ccc(C(=O)c2ccccc2C(=O)OCC)c(O)c1. The Balaban J connectivity index is 2.32. The number of ketones is 1. The summed E-state index contributed by atoms with van der Waals surface area (Å²) < 4.78 is 5.05. The summed E-state index contributed by atoms with van der Waals surface area (Å²) in [6.45, 7) is 8.07. The van der Waals surface area contributed by atoms with Gasteiger partial charge in [0.25, 0.3) is 0 Å². The molecule has 1 N–H and O–H groups in total. The Kier molecular flexibility index (Phi) is 8.71. The largest absolute Gasteiger partial charge is 0.507 e. The number of esters is 1. The molecule has 0 aliphatic carbocycles. The molecule has 2 aromatic carbocycles. The number of hydrogen-bond acceptors (Lipinski definition) is 5. The van der Waals surface area contributed by atoms with Crippen molar-refractivity contribution in [3.8, 4) is 5.75 Å². The van der Waals surface area contributed by atoms with E-state index < -0.39 is 11.8 Å². The van der Waals surface area contributed by atoms with Crippen LogP contribution in [0.3, 0.4) is 0 Å². The van der Waals surface area contributed by atoms with Crippen molar-refractivity contribution in [2.24, 2.45) is 0 Å². The maximum atomic E-state index is 13.0. The molecule has 0 bridgehead atoms. The topological polar surface area (TPSA) is 66.8 Å². The van der Waals surface area contributed by atoms with Gasteiger partial charge in [-0.15, -0.1) is 0 Å². The van der Waals surface area contributed by atoms with E-state index in [0.29, 0.717) is 0 Å². The van der Waals surface area contributed by atoms with Crippen LogP contribution in [0.2, 0.25) is 0 Å². The van der Waals surface area contributed by atoms with Crippen LogP contribution in [-0.4, -0.2) is 36.6 Å². The Morgan fingerprint density at radius 1 is 0.897 bits per heavy atom. The number of carbonyl (C=O) groups excluding carboxylic acids is 2. The lowest BCUT2D eigenvalue weighted by atomic mass is 9.97. The van der Waals surface area contributed by atoms with Crippen LogP contribution in [0.5, 0.6) is 5.75 Å². The number of rotatable bonds is 11. The number of carbonyl (C=O) groups is 2. The minimum Gasteiger partial charge on any atom is -0.507 e. The van der Waals surface area contributed by atoms with E-state index in [0.717, 1.165) is 44.5 Å². The van der Waals surface area contributed by atoms with Crippen LogP contribution in [0.4, 0.5) is 5.69 Å². The van der Waals surface area contributed by atoms with Crippen LogP contribution in [0, 0.1) is 0 Å². The summed E-state index contributed by atoms with van der Waals surface area (Å²) in [5.41, 5.74) is 1.51. The first-order valence-corrected chi connectivity index (χ1v) is 10.4. The van der Waals surface area contributed by atoms with Gasteiger partial charge in [-0.05, 0) is 38.0 Å². The zero-order valence-electron chi connectivity index (χ0n) is 17.6. The van der Waals surface area contributed by atoms with Gasteiger partial charge in [0.2, 0.25) is 0 Å². The van der Waals surface area contributed by atoms with Crippen LogP contribution >= 0.6 is 0 Å². The minimum atomic E-state index is -0.544. The van der Waals surface area contributed by atoms with Gasteiger partial charge in [-0.1, -0.05) is 44.9 Å². The molecule has 2 rings (SSSR count). The third-order valence-electron chi connectivity index (χ3n) is 4.82. The Hall–Kier alpha value is -2.82. The fourth-order valence-electron chi connectivity index (χ4n) is 3.19. The zero-order valence-corrected chi connectivity index (χ0v) is 17.6. The first-order valence-electron chi connectivity index (χ1n) is 10.4. The van der Waals surface area contributed by atoms with E-state index in [4.69, 9.17) is 4.74 Å². The number of nitrogens with zero attached hydrogens (tertiary/aromatic N) is 1. The van der Waals surface area contributed by atoms with Crippen molar-refractivity contribution in [3.63, 3.8) is 0 Å². The quantitative estimate of drug-likeness (QED) is 0.417. The second-order valence-electron chi connectivity index (χ2n) is 6.99. The predicted molar refractivity (Wildman–Crippen MR) is 116 cm³/mol. The second kappa shape index (κ2) is 11.2. The molecule has 0 aliphatic heterocycles. The van der Waals surface area contributed by atoms with Crippen molar-refractivity contribution in [2.75, 3.05) is 24.6 Å². The first-order chi connectivity index (χ1) is 14.0. The zero-order chi connectivity index (χ0) is 21.2. The summed E-state index contributed by atoms with van der Waals surface area (Å²) in [5.74, 6) is -1.02. The standard InChI is InChI=1S/C24H31NO4/c1-4-7-15-25(16-8-5-2)18-13-14-21(22(26)17-18)23(27)19-11-9-10-12-20(19)24(28)29-6-3/h9-14,17,26H,4-8,15-16H2,1-3H3. The third-order valence-corrected chi connectivity index (χ3v) is 4.82. The summed E-state index contributed by atoms with van der Waals surface area (Å²) in [6.07, 6.45) is 4.32. The fraction of sp³-hybridized carbons (Fsp3) is 0.417. The Morgan fingerprint density at radius 2 is 1.52 bits per heavy atom. The van der Waals surface area contributed by atoms with Gasteiger partial charge in [0, 0.05) is 30.4 Å². The van der Waals surface area contributed by atoms with E-state index in [-0.39, 0.29) is 29.0 Å². The van der Waals surface area contributed by atoms with Gasteiger partial charge in [-0.2, -0.15) is 0 Å².